The Balaban J connectivity index is 1.17. The summed E-state index contributed by atoms with van der Waals surface area (Å²) in [5.74, 6) is 2.53. The Hall–Kier alpha value is -5.49. The zero-order valence-corrected chi connectivity index (χ0v) is 29.0. The fourth-order valence-electron chi connectivity index (χ4n) is 8.17. The normalized spacial score (nSPS) is 13.7. The number of nitrogens with zero attached hydrogens (tertiary/aromatic N) is 4. The highest BCUT2D eigenvalue weighted by molar-refractivity contribution is 6.98. The van der Waals surface area contributed by atoms with E-state index >= 15 is 0 Å². The summed E-state index contributed by atoms with van der Waals surface area (Å²) in [4.78, 5) is 9.67. The molecule has 9 rings (SSSR count). The number of fused-ring (bicyclic) bond motifs is 5. The van der Waals surface area contributed by atoms with Crippen LogP contribution in [0.1, 0.15) is 37.5 Å². The molecule has 49 heavy (non-hydrogen) atoms. The molecule has 240 valence electrons. The van der Waals surface area contributed by atoms with Crippen LogP contribution in [0, 0.1) is 13.8 Å². The van der Waals surface area contributed by atoms with Crippen LogP contribution in [-0.2, 0) is 5.41 Å². The fraction of sp³-hybridized carbons (Fsp3) is 0.186. The van der Waals surface area contributed by atoms with Crippen molar-refractivity contribution < 1.29 is 4.74 Å². The van der Waals surface area contributed by atoms with Gasteiger partial charge in [0, 0.05) is 41.8 Å². The minimum absolute atomic E-state index is 0.0134. The monoisotopic (exact) mass is 638 g/mol. The van der Waals surface area contributed by atoms with E-state index in [2.05, 4.69) is 165 Å². The second-order valence-electron chi connectivity index (χ2n) is 14.7. The number of rotatable bonds is 4. The summed E-state index contributed by atoms with van der Waals surface area (Å²) in [6.07, 6.45) is 1.93. The third-order valence-corrected chi connectivity index (χ3v) is 10.5. The standard InChI is InChI=1S/C43H39BN4O/c1-27-11-9-12-28(2)41(27)44-34-20-18-31(25-39(34)47-26-46(6)37-16-10-14-35(44)42(37)47)49-30-17-19-33-32-13-7-8-15-36(32)48(38(33)24-30)40-23-29(21-22-45-40)43(3,4)5/h7-25H,26H2,1-6H3. The lowest BCUT2D eigenvalue weighted by Gasteiger charge is -2.34. The van der Waals surface area contributed by atoms with E-state index in [0.717, 1.165) is 35.0 Å². The molecule has 0 unspecified atom stereocenters. The van der Waals surface area contributed by atoms with Gasteiger partial charge in [-0.3, -0.25) is 4.57 Å². The predicted octanol–water partition coefficient (Wildman–Crippen LogP) is 8.26. The number of pyridine rings is 1. The molecule has 5 nitrogen and oxygen atoms in total. The Labute approximate surface area is 288 Å². The van der Waals surface area contributed by atoms with E-state index in [0.29, 0.717) is 0 Å². The highest BCUT2D eigenvalue weighted by Crippen LogP contribution is 2.42. The molecule has 0 amide bonds. The molecule has 4 heterocycles. The van der Waals surface area contributed by atoms with Gasteiger partial charge < -0.3 is 14.5 Å². The van der Waals surface area contributed by atoms with Gasteiger partial charge in [-0.15, -0.1) is 0 Å². The van der Waals surface area contributed by atoms with E-state index in [-0.39, 0.29) is 12.1 Å². The van der Waals surface area contributed by atoms with Gasteiger partial charge in [-0.2, -0.15) is 0 Å². The summed E-state index contributed by atoms with van der Waals surface area (Å²) in [7, 11) is 2.18. The molecule has 0 saturated heterocycles. The summed E-state index contributed by atoms with van der Waals surface area (Å²) < 4.78 is 9.03. The van der Waals surface area contributed by atoms with Crippen LogP contribution >= 0.6 is 0 Å². The number of benzene rings is 5. The summed E-state index contributed by atoms with van der Waals surface area (Å²) in [6.45, 7) is 12.2. The third-order valence-electron chi connectivity index (χ3n) is 10.5. The molecule has 0 radical (unpaired) electrons. The molecular weight excluding hydrogens is 599 g/mol. The highest BCUT2D eigenvalue weighted by atomic mass is 16.5. The Bertz CT molecular complexity index is 2440. The van der Waals surface area contributed by atoms with Crippen molar-refractivity contribution in [1.82, 2.24) is 9.55 Å². The maximum Gasteiger partial charge on any atom is 0.247 e. The van der Waals surface area contributed by atoms with E-state index in [4.69, 9.17) is 9.72 Å². The van der Waals surface area contributed by atoms with Crippen LogP contribution in [0.5, 0.6) is 11.5 Å². The SMILES string of the molecule is Cc1cccc(C)c1B1c2ccc(Oc3ccc4c5ccccc5n(-c5cc(C(C)(C)C)ccn5)c4c3)cc2N2CN(C)c3cccc1c32. The average Bonchev–Trinajstić information content (AvgIpc) is 3.61. The summed E-state index contributed by atoms with van der Waals surface area (Å²) >= 11 is 0. The first kappa shape index (κ1) is 29.6. The van der Waals surface area contributed by atoms with Crippen LogP contribution in [-0.4, -0.2) is 30.0 Å². The number of para-hydroxylation sites is 2. The molecule has 0 bridgehead atoms. The molecule has 2 aromatic heterocycles. The van der Waals surface area contributed by atoms with E-state index < -0.39 is 0 Å². The minimum atomic E-state index is 0.0134. The zero-order valence-electron chi connectivity index (χ0n) is 29.0. The van der Waals surface area contributed by atoms with Gasteiger partial charge in [0.05, 0.1) is 29.1 Å². The second-order valence-corrected chi connectivity index (χ2v) is 14.7. The molecular formula is C43H39BN4O. The molecule has 7 aromatic rings. The number of hydrogen-bond acceptors (Lipinski definition) is 4. The van der Waals surface area contributed by atoms with Gasteiger partial charge in [-0.25, -0.2) is 4.98 Å². The number of hydrogen-bond donors (Lipinski definition) is 0. The summed E-state index contributed by atoms with van der Waals surface area (Å²) in [5, 5.41) is 2.38. The van der Waals surface area contributed by atoms with Crippen LogP contribution in [0.3, 0.4) is 0 Å². The Morgan fingerprint density at radius 1 is 0.694 bits per heavy atom. The second kappa shape index (κ2) is 10.8. The number of anilines is 3. The Morgan fingerprint density at radius 3 is 2.24 bits per heavy atom. The van der Waals surface area contributed by atoms with Gasteiger partial charge in [0.2, 0.25) is 6.71 Å². The molecule has 5 aromatic carbocycles. The quantitative estimate of drug-likeness (QED) is 0.182. The molecule has 6 heteroatoms. The maximum absolute atomic E-state index is 6.76. The van der Waals surface area contributed by atoms with Crippen molar-refractivity contribution >= 4 is 62.0 Å². The molecule has 0 spiro atoms. The van der Waals surface area contributed by atoms with Crippen molar-refractivity contribution in [3.05, 3.63) is 132 Å². The lowest BCUT2D eigenvalue weighted by molar-refractivity contribution is 0.483. The van der Waals surface area contributed by atoms with Crippen molar-refractivity contribution in [2.75, 3.05) is 23.5 Å². The van der Waals surface area contributed by atoms with Crippen LogP contribution in [0.15, 0.2) is 115 Å². The van der Waals surface area contributed by atoms with Crippen LogP contribution in [0.25, 0.3) is 27.6 Å². The highest BCUT2D eigenvalue weighted by Gasteiger charge is 2.40. The van der Waals surface area contributed by atoms with E-state index in [1.807, 2.05) is 6.20 Å². The van der Waals surface area contributed by atoms with Gasteiger partial charge in [-0.1, -0.05) is 92.0 Å². The summed E-state index contributed by atoms with van der Waals surface area (Å²) in [5.41, 5.74) is 14.0. The zero-order chi connectivity index (χ0) is 33.6. The number of ether oxygens (including phenoxy) is 1. The third kappa shape index (κ3) is 4.57. The van der Waals surface area contributed by atoms with Gasteiger partial charge in [-0.05, 0) is 78.2 Å². The van der Waals surface area contributed by atoms with Crippen LogP contribution < -0.4 is 30.9 Å². The summed E-state index contributed by atoms with van der Waals surface area (Å²) in [6, 6.07) is 39.4. The van der Waals surface area contributed by atoms with Gasteiger partial charge in [0.1, 0.15) is 17.3 Å². The van der Waals surface area contributed by atoms with Crippen LogP contribution in [0.2, 0.25) is 0 Å². The Kier molecular flexibility index (Phi) is 6.51. The number of aromatic nitrogens is 2. The van der Waals surface area contributed by atoms with E-state index in [1.54, 1.807) is 0 Å². The predicted molar refractivity (Wildman–Crippen MR) is 206 cm³/mol. The van der Waals surface area contributed by atoms with Crippen LogP contribution in [0.4, 0.5) is 17.1 Å². The topological polar surface area (TPSA) is 33.5 Å². The van der Waals surface area contributed by atoms with Gasteiger partial charge >= 0.3 is 0 Å². The molecule has 0 N–H and O–H groups in total. The molecule has 2 aliphatic heterocycles. The van der Waals surface area contributed by atoms with Gasteiger partial charge in [0.25, 0.3) is 0 Å². The molecule has 0 fully saturated rings. The first-order chi connectivity index (χ1) is 23.7. The lowest BCUT2D eigenvalue weighted by atomic mass is 9.34. The van der Waals surface area contributed by atoms with E-state index in [9.17, 15) is 0 Å². The molecule has 0 aliphatic carbocycles. The first-order valence-electron chi connectivity index (χ1n) is 17.2. The van der Waals surface area contributed by atoms with Crippen molar-refractivity contribution in [2.24, 2.45) is 0 Å². The molecule has 0 saturated carbocycles. The maximum atomic E-state index is 6.76. The number of aryl methyl sites for hydroxylation is 2. The fourth-order valence-corrected chi connectivity index (χ4v) is 8.17. The van der Waals surface area contributed by atoms with Crippen molar-refractivity contribution in [3.63, 3.8) is 0 Å². The van der Waals surface area contributed by atoms with Crippen molar-refractivity contribution in [1.29, 1.82) is 0 Å². The van der Waals surface area contributed by atoms with Gasteiger partial charge in [0.15, 0.2) is 0 Å². The molecule has 0 atom stereocenters. The Morgan fingerprint density at radius 2 is 1.43 bits per heavy atom. The van der Waals surface area contributed by atoms with E-state index in [1.165, 1.54) is 60.9 Å². The van der Waals surface area contributed by atoms with Crippen molar-refractivity contribution in [2.45, 2.75) is 40.0 Å². The lowest BCUT2D eigenvalue weighted by Crippen LogP contribution is -2.58. The molecule has 2 aliphatic rings. The average molecular weight is 639 g/mol. The van der Waals surface area contributed by atoms with Crippen molar-refractivity contribution in [3.8, 4) is 17.3 Å². The smallest absolute Gasteiger partial charge is 0.247 e. The minimum Gasteiger partial charge on any atom is -0.457 e. The first-order valence-corrected chi connectivity index (χ1v) is 17.2. The largest absolute Gasteiger partial charge is 0.457 e.